The van der Waals surface area contributed by atoms with Crippen molar-refractivity contribution in [3.8, 4) is 0 Å². The number of hydrogen-bond donors (Lipinski definition) is 1. The van der Waals surface area contributed by atoms with E-state index in [4.69, 9.17) is 5.73 Å². The Bertz CT molecular complexity index is 450. The average molecular weight is 248 g/mol. The molecule has 98 valence electrons. The van der Waals surface area contributed by atoms with Gasteiger partial charge >= 0.3 is 0 Å². The zero-order valence-electron chi connectivity index (χ0n) is 11.1. The van der Waals surface area contributed by atoms with Gasteiger partial charge in [0.05, 0.1) is 0 Å². The van der Waals surface area contributed by atoms with Crippen molar-refractivity contribution in [2.45, 2.75) is 38.8 Å². The summed E-state index contributed by atoms with van der Waals surface area (Å²) >= 11 is 0. The van der Waals surface area contributed by atoms with Crippen LogP contribution in [-0.2, 0) is 0 Å². The van der Waals surface area contributed by atoms with Crippen molar-refractivity contribution in [3.05, 3.63) is 41.7 Å². The molecule has 1 saturated carbocycles. The fourth-order valence-electron chi connectivity index (χ4n) is 2.26. The summed E-state index contributed by atoms with van der Waals surface area (Å²) in [5.74, 6) is -0.180. The molecule has 1 fully saturated rings. The molecule has 1 aromatic rings. The molecule has 0 aromatic heterocycles. The topological polar surface area (TPSA) is 29.3 Å². The van der Waals surface area contributed by atoms with E-state index < -0.39 is 0 Å². The summed E-state index contributed by atoms with van der Waals surface area (Å²) in [5.41, 5.74) is 8.58. The predicted molar refractivity (Wildman–Crippen MR) is 74.3 cm³/mol. The van der Waals surface area contributed by atoms with E-state index in [9.17, 15) is 4.39 Å². The zero-order valence-corrected chi connectivity index (χ0v) is 11.1. The summed E-state index contributed by atoms with van der Waals surface area (Å²) in [7, 11) is 0. The minimum absolute atomic E-state index is 0.166. The second kappa shape index (κ2) is 5.11. The molecule has 0 heterocycles. The Morgan fingerprint density at radius 2 is 2.22 bits per heavy atom. The normalized spacial score (nSPS) is 16.4. The van der Waals surface area contributed by atoms with E-state index >= 15 is 0 Å². The van der Waals surface area contributed by atoms with E-state index in [1.165, 1.54) is 12.8 Å². The highest BCUT2D eigenvalue weighted by molar-refractivity contribution is 5.59. The fourth-order valence-corrected chi connectivity index (χ4v) is 2.26. The zero-order chi connectivity index (χ0) is 13.3. The molecule has 18 heavy (non-hydrogen) atoms. The summed E-state index contributed by atoms with van der Waals surface area (Å²) < 4.78 is 13.7. The van der Waals surface area contributed by atoms with E-state index in [0.717, 1.165) is 17.8 Å². The van der Waals surface area contributed by atoms with Crippen LogP contribution >= 0.6 is 0 Å². The molecule has 0 amide bonds. The van der Waals surface area contributed by atoms with Crippen molar-refractivity contribution >= 4 is 5.69 Å². The van der Waals surface area contributed by atoms with Gasteiger partial charge in [0, 0.05) is 24.3 Å². The molecule has 2 nitrogen and oxygen atoms in total. The third kappa shape index (κ3) is 2.56. The molecule has 0 spiro atoms. The highest BCUT2D eigenvalue weighted by Gasteiger charge is 2.30. The molecule has 2 N–H and O–H groups in total. The monoisotopic (exact) mass is 248 g/mol. The van der Waals surface area contributed by atoms with E-state index in [1.54, 1.807) is 13.0 Å². The van der Waals surface area contributed by atoms with Crippen molar-refractivity contribution in [2.24, 2.45) is 5.73 Å². The molecule has 1 atom stereocenters. The van der Waals surface area contributed by atoms with Crippen LogP contribution < -0.4 is 10.6 Å². The summed E-state index contributed by atoms with van der Waals surface area (Å²) in [6.45, 7) is 8.28. The Labute approximate surface area is 108 Å². The van der Waals surface area contributed by atoms with Crippen molar-refractivity contribution in [2.75, 3.05) is 11.4 Å². The first kappa shape index (κ1) is 13.1. The van der Waals surface area contributed by atoms with Gasteiger partial charge in [-0.25, -0.2) is 4.39 Å². The maximum Gasteiger partial charge on any atom is 0.126 e. The Kier molecular flexibility index (Phi) is 3.71. The summed E-state index contributed by atoms with van der Waals surface area (Å²) in [6, 6.07) is 3.88. The molecule has 1 unspecified atom stereocenters. The lowest BCUT2D eigenvalue weighted by molar-refractivity contribution is 0.612. The van der Waals surface area contributed by atoms with Crippen LogP contribution in [0.2, 0.25) is 0 Å². The Balaban J connectivity index is 2.45. The lowest BCUT2D eigenvalue weighted by Crippen LogP contribution is -2.28. The lowest BCUT2D eigenvalue weighted by atomic mass is 10.0. The predicted octanol–water partition coefficient (Wildman–Crippen LogP) is 3.31. The van der Waals surface area contributed by atoms with Gasteiger partial charge in [-0.1, -0.05) is 6.08 Å². The first-order valence-electron chi connectivity index (χ1n) is 6.47. The first-order valence-corrected chi connectivity index (χ1v) is 6.47. The van der Waals surface area contributed by atoms with Gasteiger partial charge in [0.25, 0.3) is 0 Å². The van der Waals surface area contributed by atoms with Crippen LogP contribution in [0.4, 0.5) is 10.1 Å². The number of benzene rings is 1. The summed E-state index contributed by atoms with van der Waals surface area (Å²) in [5, 5.41) is 0. The Hall–Kier alpha value is -1.35. The lowest BCUT2D eigenvalue weighted by Gasteiger charge is -2.27. The molecule has 2 rings (SSSR count). The number of hydrogen-bond acceptors (Lipinski definition) is 2. The van der Waals surface area contributed by atoms with Gasteiger partial charge < -0.3 is 10.6 Å². The Morgan fingerprint density at radius 3 is 2.72 bits per heavy atom. The molecule has 0 saturated heterocycles. The van der Waals surface area contributed by atoms with Gasteiger partial charge in [0.2, 0.25) is 0 Å². The van der Waals surface area contributed by atoms with Crippen molar-refractivity contribution < 1.29 is 4.39 Å². The number of anilines is 1. The van der Waals surface area contributed by atoms with Crippen molar-refractivity contribution in [3.63, 3.8) is 0 Å². The highest BCUT2D eigenvalue weighted by Crippen LogP contribution is 2.36. The molecule has 1 aliphatic rings. The first-order chi connectivity index (χ1) is 8.54. The number of nitrogens with two attached hydrogens (primary N) is 1. The quantitative estimate of drug-likeness (QED) is 0.810. The maximum atomic E-state index is 13.7. The van der Waals surface area contributed by atoms with Crippen LogP contribution in [0.3, 0.4) is 0 Å². The summed E-state index contributed by atoms with van der Waals surface area (Å²) in [4.78, 5) is 2.29. The minimum Gasteiger partial charge on any atom is -0.365 e. The molecule has 1 aromatic carbocycles. The van der Waals surface area contributed by atoms with E-state index in [-0.39, 0.29) is 11.9 Å². The van der Waals surface area contributed by atoms with Crippen LogP contribution in [0.15, 0.2) is 24.8 Å². The third-order valence-corrected chi connectivity index (χ3v) is 3.42. The third-order valence-electron chi connectivity index (χ3n) is 3.42. The van der Waals surface area contributed by atoms with Crippen molar-refractivity contribution in [1.29, 1.82) is 0 Å². The highest BCUT2D eigenvalue weighted by atomic mass is 19.1. The van der Waals surface area contributed by atoms with E-state index in [1.807, 2.05) is 19.1 Å². The van der Waals surface area contributed by atoms with Gasteiger partial charge in [0.1, 0.15) is 5.82 Å². The largest absolute Gasteiger partial charge is 0.365 e. The summed E-state index contributed by atoms with van der Waals surface area (Å²) in [6.07, 6.45) is 4.29. The van der Waals surface area contributed by atoms with E-state index in [2.05, 4.69) is 11.5 Å². The number of nitrogens with zero attached hydrogens (tertiary/aromatic N) is 1. The number of aryl methyl sites for hydroxylation is 1. The van der Waals surface area contributed by atoms with Crippen LogP contribution in [-0.4, -0.2) is 12.6 Å². The number of halogens is 1. The smallest absolute Gasteiger partial charge is 0.126 e. The van der Waals surface area contributed by atoms with Gasteiger partial charge in [-0.15, -0.1) is 6.58 Å². The fraction of sp³-hybridized carbons (Fsp3) is 0.467. The van der Waals surface area contributed by atoms with Gasteiger partial charge in [-0.05, 0) is 49.9 Å². The molecular weight excluding hydrogens is 227 g/mol. The molecule has 1 aliphatic carbocycles. The van der Waals surface area contributed by atoms with E-state index in [0.29, 0.717) is 11.6 Å². The van der Waals surface area contributed by atoms with Crippen LogP contribution in [0.5, 0.6) is 0 Å². The standard InChI is InChI=1S/C15H21FN2/c1-4-7-18(12-5-6-12)15-8-10(2)14(16)9-13(15)11(3)17/h4,8-9,11-12H,1,5-7,17H2,2-3H3. The van der Waals surface area contributed by atoms with Crippen molar-refractivity contribution in [1.82, 2.24) is 0 Å². The maximum absolute atomic E-state index is 13.7. The number of rotatable bonds is 5. The molecule has 0 bridgehead atoms. The molecule has 3 heteroatoms. The molecular formula is C15H21FN2. The SMILES string of the molecule is C=CCN(c1cc(C)c(F)cc1C(C)N)C1CC1. The van der Waals surface area contributed by atoms with Gasteiger partial charge in [0.15, 0.2) is 0 Å². The minimum atomic E-state index is -0.180. The second-order valence-corrected chi connectivity index (χ2v) is 5.12. The average Bonchev–Trinajstić information content (AvgIpc) is 3.13. The molecule has 0 radical (unpaired) electrons. The molecule has 0 aliphatic heterocycles. The van der Waals surface area contributed by atoms with Gasteiger partial charge in [-0.3, -0.25) is 0 Å². The van der Waals surface area contributed by atoms with Crippen LogP contribution in [0.1, 0.15) is 36.9 Å². The van der Waals surface area contributed by atoms with Gasteiger partial charge in [-0.2, -0.15) is 0 Å². The Morgan fingerprint density at radius 1 is 1.56 bits per heavy atom. The second-order valence-electron chi connectivity index (χ2n) is 5.12. The van der Waals surface area contributed by atoms with Crippen LogP contribution in [0, 0.1) is 12.7 Å². The van der Waals surface area contributed by atoms with Crippen LogP contribution in [0.25, 0.3) is 0 Å².